The van der Waals surface area contributed by atoms with E-state index in [0.717, 1.165) is 32.6 Å². The Morgan fingerprint density at radius 1 is 1.39 bits per heavy atom. The van der Waals surface area contributed by atoms with E-state index in [1.165, 1.54) is 18.4 Å². The molecule has 100 valence electrons. The van der Waals surface area contributed by atoms with Gasteiger partial charge in [-0.1, -0.05) is 6.07 Å². The van der Waals surface area contributed by atoms with Crippen LogP contribution in [0.25, 0.3) is 0 Å². The molecule has 0 radical (unpaired) electrons. The third kappa shape index (κ3) is 4.72. The van der Waals surface area contributed by atoms with E-state index in [4.69, 9.17) is 0 Å². The summed E-state index contributed by atoms with van der Waals surface area (Å²) in [5.41, 5.74) is 1.24. The molecule has 18 heavy (non-hydrogen) atoms. The number of aliphatic hydroxyl groups excluding tert-OH is 1. The molecule has 4 heteroatoms. The minimum absolute atomic E-state index is 0.253. The molecule has 1 aromatic rings. The summed E-state index contributed by atoms with van der Waals surface area (Å²) in [6.45, 7) is 4.67. The number of nitrogens with one attached hydrogen (secondary N) is 1. The smallest absolute Gasteiger partial charge is 0.0791 e. The third-order valence-electron chi connectivity index (χ3n) is 3.36. The van der Waals surface area contributed by atoms with Gasteiger partial charge in [0.05, 0.1) is 6.10 Å². The van der Waals surface area contributed by atoms with Gasteiger partial charge in [0.15, 0.2) is 0 Å². The van der Waals surface area contributed by atoms with Crippen LogP contribution < -0.4 is 5.32 Å². The Kier molecular flexibility index (Phi) is 5.58. The van der Waals surface area contributed by atoms with Crippen LogP contribution in [0.1, 0.15) is 18.4 Å². The summed E-state index contributed by atoms with van der Waals surface area (Å²) in [5, 5.41) is 13.2. The zero-order valence-electron chi connectivity index (χ0n) is 10.9. The van der Waals surface area contributed by atoms with Crippen LogP contribution >= 0.6 is 0 Å². The Bertz CT molecular complexity index is 325. The van der Waals surface area contributed by atoms with Crippen molar-refractivity contribution in [3.63, 3.8) is 0 Å². The summed E-state index contributed by atoms with van der Waals surface area (Å²) in [6, 6.07) is 4.03. The molecular formula is C14H23N3O. The Hall–Kier alpha value is -0.970. The molecule has 2 heterocycles. The van der Waals surface area contributed by atoms with E-state index >= 15 is 0 Å². The zero-order chi connectivity index (χ0) is 12.6. The molecule has 0 saturated carbocycles. The summed E-state index contributed by atoms with van der Waals surface area (Å²) in [5.74, 6) is 0. The number of aliphatic hydroxyl groups is 1. The molecule has 0 aromatic carbocycles. The van der Waals surface area contributed by atoms with Crippen LogP contribution in [-0.4, -0.2) is 53.8 Å². The minimum Gasteiger partial charge on any atom is -0.390 e. The maximum atomic E-state index is 9.89. The topological polar surface area (TPSA) is 48.4 Å². The van der Waals surface area contributed by atoms with Crippen LogP contribution in [0.5, 0.6) is 0 Å². The number of nitrogens with zero attached hydrogens (tertiary/aromatic N) is 2. The van der Waals surface area contributed by atoms with Crippen LogP contribution in [0, 0.1) is 0 Å². The van der Waals surface area contributed by atoms with Gasteiger partial charge in [-0.3, -0.25) is 4.98 Å². The highest BCUT2D eigenvalue weighted by Gasteiger charge is 2.15. The number of β-amino-alcohol motifs (C(OH)–C–C–N with tert-alkyl or cyclic N) is 1. The molecule has 1 aliphatic heterocycles. The summed E-state index contributed by atoms with van der Waals surface area (Å²) < 4.78 is 0. The van der Waals surface area contributed by atoms with Crippen molar-refractivity contribution in [2.24, 2.45) is 0 Å². The summed E-state index contributed by atoms with van der Waals surface area (Å²) in [7, 11) is 0. The van der Waals surface area contributed by atoms with Gasteiger partial charge >= 0.3 is 0 Å². The molecule has 1 saturated heterocycles. The quantitative estimate of drug-likeness (QED) is 0.697. The second-order valence-corrected chi connectivity index (χ2v) is 4.98. The monoisotopic (exact) mass is 249 g/mol. The molecule has 1 atom stereocenters. The SMILES string of the molecule is O[C@@H](CNCCc1cccnc1)CN1CCCC1. The van der Waals surface area contributed by atoms with Crippen LogP contribution in [0.4, 0.5) is 0 Å². The van der Waals surface area contributed by atoms with Crippen LogP contribution in [0.3, 0.4) is 0 Å². The highest BCUT2D eigenvalue weighted by atomic mass is 16.3. The molecule has 1 fully saturated rings. The van der Waals surface area contributed by atoms with Gasteiger partial charge in [-0.25, -0.2) is 0 Å². The van der Waals surface area contributed by atoms with Crippen molar-refractivity contribution < 1.29 is 5.11 Å². The van der Waals surface area contributed by atoms with Crippen molar-refractivity contribution in [1.82, 2.24) is 15.2 Å². The Balaban J connectivity index is 1.54. The van der Waals surface area contributed by atoms with E-state index in [1.807, 2.05) is 12.3 Å². The lowest BCUT2D eigenvalue weighted by molar-refractivity contribution is 0.124. The molecule has 0 spiro atoms. The fourth-order valence-electron chi connectivity index (χ4n) is 2.38. The molecule has 1 aromatic heterocycles. The van der Waals surface area contributed by atoms with Crippen molar-refractivity contribution in [3.05, 3.63) is 30.1 Å². The van der Waals surface area contributed by atoms with Gasteiger partial charge in [0.25, 0.3) is 0 Å². The van der Waals surface area contributed by atoms with Crippen LogP contribution in [-0.2, 0) is 6.42 Å². The minimum atomic E-state index is -0.253. The van der Waals surface area contributed by atoms with Crippen molar-refractivity contribution in [2.45, 2.75) is 25.4 Å². The first-order valence-electron chi connectivity index (χ1n) is 6.84. The molecule has 4 nitrogen and oxygen atoms in total. The number of aromatic nitrogens is 1. The Morgan fingerprint density at radius 2 is 2.22 bits per heavy atom. The summed E-state index contributed by atoms with van der Waals surface area (Å²) in [6.07, 6.45) is 6.95. The highest BCUT2D eigenvalue weighted by Crippen LogP contribution is 2.07. The van der Waals surface area contributed by atoms with E-state index in [9.17, 15) is 5.11 Å². The second kappa shape index (κ2) is 7.46. The Morgan fingerprint density at radius 3 is 2.94 bits per heavy atom. The highest BCUT2D eigenvalue weighted by molar-refractivity contribution is 5.08. The summed E-state index contributed by atoms with van der Waals surface area (Å²) >= 11 is 0. The fraction of sp³-hybridized carbons (Fsp3) is 0.643. The molecule has 0 bridgehead atoms. The lowest BCUT2D eigenvalue weighted by Gasteiger charge is -2.19. The molecule has 0 amide bonds. The average molecular weight is 249 g/mol. The van der Waals surface area contributed by atoms with Crippen LogP contribution in [0.2, 0.25) is 0 Å². The number of hydrogen-bond acceptors (Lipinski definition) is 4. The first kappa shape index (κ1) is 13.5. The second-order valence-electron chi connectivity index (χ2n) is 4.98. The fourth-order valence-corrected chi connectivity index (χ4v) is 2.38. The molecule has 2 rings (SSSR count). The van der Waals surface area contributed by atoms with Crippen LogP contribution in [0.15, 0.2) is 24.5 Å². The molecule has 2 N–H and O–H groups in total. The normalized spacial score (nSPS) is 18.1. The van der Waals surface area contributed by atoms with E-state index < -0.39 is 0 Å². The van der Waals surface area contributed by atoms with E-state index in [0.29, 0.717) is 6.54 Å². The lowest BCUT2D eigenvalue weighted by Crippen LogP contribution is -2.37. The van der Waals surface area contributed by atoms with Gasteiger partial charge in [0, 0.05) is 25.5 Å². The standard InChI is InChI=1S/C14H23N3O/c18-14(12-17-8-1-2-9-17)11-16-7-5-13-4-3-6-15-10-13/h3-4,6,10,14,16,18H,1-2,5,7-9,11-12H2/t14-/m0/s1. The Labute approximate surface area is 109 Å². The van der Waals surface area contributed by atoms with Gasteiger partial charge in [0.2, 0.25) is 0 Å². The summed E-state index contributed by atoms with van der Waals surface area (Å²) in [4.78, 5) is 6.42. The van der Waals surface area contributed by atoms with Crippen molar-refractivity contribution in [1.29, 1.82) is 0 Å². The van der Waals surface area contributed by atoms with E-state index in [2.05, 4.69) is 21.3 Å². The van der Waals surface area contributed by atoms with Gasteiger partial charge in [-0.05, 0) is 50.5 Å². The first-order chi connectivity index (χ1) is 8.84. The van der Waals surface area contributed by atoms with Crippen molar-refractivity contribution in [2.75, 3.05) is 32.7 Å². The number of pyridine rings is 1. The van der Waals surface area contributed by atoms with Crippen molar-refractivity contribution in [3.8, 4) is 0 Å². The van der Waals surface area contributed by atoms with Gasteiger partial charge in [-0.2, -0.15) is 0 Å². The number of rotatable bonds is 7. The van der Waals surface area contributed by atoms with Gasteiger partial charge in [0.1, 0.15) is 0 Å². The third-order valence-corrected chi connectivity index (χ3v) is 3.36. The van der Waals surface area contributed by atoms with Gasteiger partial charge in [-0.15, -0.1) is 0 Å². The predicted octanol–water partition coefficient (Wildman–Crippen LogP) is 0.670. The maximum absolute atomic E-state index is 9.89. The zero-order valence-corrected chi connectivity index (χ0v) is 10.9. The largest absolute Gasteiger partial charge is 0.390 e. The predicted molar refractivity (Wildman–Crippen MR) is 72.5 cm³/mol. The van der Waals surface area contributed by atoms with E-state index in [1.54, 1.807) is 6.20 Å². The van der Waals surface area contributed by atoms with Crippen molar-refractivity contribution >= 4 is 0 Å². The molecular weight excluding hydrogens is 226 g/mol. The van der Waals surface area contributed by atoms with E-state index in [-0.39, 0.29) is 6.10 Å². The number of hydrogen-bond donors (Lipinski definition) is 2. The van der Waals surface area contributed by atoms with Gasteiger partial charge < -0.3 is 15.3 Å². The molecule has 1 aliphatic rings. The number of likely N-dealkylation sites (tertiary alicyclic amines) is 1. The first-order valence-corrected chi connectivity index (χ1v) is 6.84. The molecule has 0 unspecified atom stereocenters. The maximum Gasteiger partial charge on any atom is 0.0791 e. The average Bonchev–Trinajstić information content (AvgIpc) is 2.89. The lowest BCUT2D eigenvalue weighted by atomic mass is 10.2. The molecule has 0 aliphatic carbocycles.